The summed E-state index contributed by atoms with van der Waals surface area (Å²) in [7, 11) is 3.60. The zero-order valence-corrected chi connectivity index (χ0v) is 9.79. The van der Waals surface area contributed by atoms with E-state index >= 15 is 0 Å². The highest BCUT2D eigenvalue weighted by atomic mass is 32.2. The second-order valence-corrected chi connectivity index (χ2v) is 4.90. The molecule has 1 heterocycles. The van der Waals surface area contributed by atoms with Crippen LogP contribution in [-0.4, -0.2) is 71.5 Å². The molecule has 0 bridgehead atoms. The largest absolute Gasteiger partial charge is 0.480 e. The smallest absolute Gasteiger partial charge is 0.327 e. The first-order chi connectivity index (χ1) is 7.02. The Bertz CT molecular complexity index is 258. The third kappa shape index (κ3) is 3.39. The quantitative estimate of drug-likeness (QED) is 0.716. The molecule has 0 aliphatic carbocycles. The minimum absolute atomic E-state index is 0.104. The monoisotopic (exact) mass is 232 g/mol. The summed E-state index contributed by atoms with van der Waals surface area (Å²) in [4.78, 5) is 25.9. The molecule has 15 heavy (non-hydrogen) atoms. The topological polar surface area (TPSA) is 60.9 Å². The van der Waals surface area contributed by atoms with E-state index in [1.54, 1.807) is 30.8 Å². The van der Waals surface area contributed by atoms with Gasteiger partial charge in [0.25, 0.3) is 0 Å². The van der Waals surface area contributed by atoms with Gasteiger partial charge in [-0.1, -0.05) is 0 Å². The third-order valence-corrected chi connectivity index (χ3v) is 3.21. The molecule has 1 fully saturated rings. The number of hydrogen-bond donors (Lipinski definition) is 1. The predicted molar refractivity (Wildman–Crippen MR) is 59.0 cm³/mol. The highest BCUT2D eigenvalue weighted by Crippen LogP contribution is 2.16. The van der Waals surface area contributed by atoms with Crippen LogP contribution < -0.4 is 0 Å². The molecule has 1 N–H and O–H groups in total. The molecular formula is C9H16N2O3S. The summed E-state index contributed by atoms with van der Waals surface area (Å²) in [5.41, 5.74) is 0. The van der Waals surface area contributed by atoms with E-state index in [9.17, 15) is 9.59 Å². The molecule has 1 saturated heterocycles. The number of rotatable bonds is 3. The predicted octanol–water partition coefficient (Wildman–Crippen LogP) is -0.423. The summed E-state index contributed by atoms with van der Waals surface area (Å²) in [6.45, 7) is 0.808. The number of hydrogen-bond acceptors (Lipinski definition) is 4. The van der Waals surface area contributed by atoms with E-state index in [4.69, 9.17) is 5.11 Å². The van der Waals surface area contributed by atoms with E-state index in [0.29, 0.717) is 12.3 Å². The van der Waals surface area contributed by atoms with Gasteiger partial charge in [0.05, 0.1) is 6.54 Å². The van der Waals surface area contributed by atoms with E-state index in [1.165, 1.54) is 4.90 Å². The van der Waals surface area contributed by atoms with Crippen molar-refractivity contribution in [2.45, 2.75) is 6.04 Å². The maximum absolute atomic E-state index is 11.7. The first-order valence-corrected chi connectivity index (χ1v) is 5.92. The van der Waals surface area contributed by atoms with Gasteiger partial charge >= 0.3 is 5.97 Å². The van der Waals surface area contributed by atoms with Crippen molar-refractivity contribution in [1.29, 1.82) is 0 Å². The second-order valence-electron chi connectivity index (χ2n) is 3.75. The molecule has 0 aromatic heterocycles. The lowest BCUT2D eigenvalue weighted by atomic mass is 10.2. The number of aliphatic carboxylic acids is 1. The molecule has 6 heteroatoms. The van der Waals surface area contributed by atoms with Crippen molar-refractivity contribution in [3.63, 3.8) is 0 Å². The van der Waals surface area contributed by atoms with Gasteiger partial charge in [0.1, 0.15) is 6.04 Å². The van der Waals surface area contributed by atoms with Crippen molar-refractivity contribution in [2.75, 3.05) is 38.7 Å². The van der Waals surface area contributed by atoms with Crippen LogP contribution in [0.1, 0.15) is 0 Å². The maximum Gasteiger partial charge on any atom is 0.327 e. The van der Waals surface area contributed by atoms with Crippen LogP contribution in [0, 0.1) is 0 Å². The van der Waals surface area contributed by atoms with Crippen LogP contribution in [0.4, 0.5) is 0 Å². The average Bonchev–Trinajstić information content (AvgIpc) is 2.16. The first-order valence-electron chi connectivity index (χ1n) is 4.77. The van der Waals surface area contributed by atoms with Crippen LogP contribution in [0.15, 0.2) is 0 Å². The van der Waals surface area contributed by atoms with Crippen LogP contribution >= 0.6 is 11.8 Å². The van der Waals surface area contributed by atoms with Gasteiger partial charge in [-0.05, 0) is 14.1 Å². The molecule has 0 aromatic carbocycles. The van der Waals surface area contributed by atoms with Crippen LogP contribution in [-0.2, 0) is 9.59 Å². The van der Waals surface area contributed by atoms with Crippen molar-refractivity contribution >= 4 is 23.6 Å². The van der Waals surface area contributed by atoms with Gasteiger partial charge in [0.2, 0.25) is 5.91 Å². The van der Waals surface area contributed by atoms with E-state index in [1.807, 2.05) is 0 Å². The Morgan fingerprint density at radius 3 is 2.73 bits per heavy atom. The van der Waals surface area contributed by atoms with Gasteiger partial charge in [0.15, 0.2) is 0 Å². The minimum atomic E-state index is -0.908. The number of thioether (sulfide) groups is 1. The fourth-order valence-corrected chi connectivity index (χ4v) is 2.51. The average molecular weight is 232 g/mol. The van der Waals surface area contributed by atoms with Gasteiger partial charge in [-0.2, -0.15) is 11.8 Å². The van der Waals surface area contributed by atoms with Crippen LogP contribution in [0.3, 0.4) is 0 Å². The lowest BCUT2D eigenvalue weighted by Gasteiger charge is -2.33. The standard InChI is InChI=1S/C9H16N2O3S/c1-10(2)5-8(12)11-3-4-15-6-7(11)9(13)14/h7H,3-6H2,1-2H3,(H,13,14). The molecule has 0 spiro atoms. The fourth-order valence-electron chi connectivity index (χ4n) is 1.47. The summed E-state index contributed by atoms with van der Waals surface area (Å²) in [6.07, 6.45) is 0. The summed E-state index contributed by atoms with van der Waals surface area (Å²) in [6, 6.07) is -0.656. The number of carboxylic acids is 1. The molecule has 1 amide bonds. The Balaban J connectivity index is 2.63. The lowest BCUT2D eigenvalue weighted by Crippen LogP contribution is -2.52. The number of carbonyl (C=O) groups is 2. The zero-order chi connectivity index (χ0) is 11.4. The molecule has 5 nitrogen and oxygen atoms in total. The van der Waals surface area contributed by atoms with Crippen molar-refractivity contribution in [3.05, 3.63) is 0 Å². The Hall–Kier alpha value is -0.750. The summed E-state index contributed by atoms with van der Waals surface area (Å²) < 4.78 is 0. The van der Waals surface area contributed by atoms with Crippen LogP contribution in [0.25, 0.3) is 0 Å². The molecule has 1 aliphatic rings. The highest BCUT2D eigenvalue weighted by molar-refractivity contribution is 7.99. The number of likely N-dealkylation sites (N-methyl/N-ethyl adjacent to an activating group) is 1. The first kappa shape index (κ1) is 12.3. The Morgan fingerprint density at radius 2 is 2.20 bits per heavy atom. The van der Waals surface area contributed by atoms with Crippen molar-refractivity contribution in [2.24, 2.45) is 0 Å². The number of carboxylic acid groups (broad SMARTS) is 1. The lowest BCUT2D eigenvalue weighted by molar-refractivity contribution is -0.149. The van der Waals surface area contributed by atoms with Gasteiger partial charge < -0.3 is 14.9 Å². The maximum atomic E-state index is 11.7. The van der Waals surface area contributed by atoms with E-state index < -0.39 is 12.0 Å². The van der Waals surface area contributed by atoms with E-state index in [2.05, 4.69) is 0 Å². The molecule has 1 aliphatic heterocycles. The number of nitrogens with zero attached hydrogens (tertiary/aromatic N) is 2. The molecule has 86 valence electrons. The third-order valence-electron chi connectivity index (χ3n) is 2.19. The minimum Gasteiger partial charge on any atom is -0.480 e. The van der Waals surface area contributed by atoms with Gasteiger partial charge in [-0.3, -0.25) is 4.79 Å². The Labute approximate surface area is 93.4 Å². The van der Waals surface area contributed by atoms with Gasteiger partial charge in [-0.25, -0.2) is 4.79 Å². The molecule has 0 radical (unpaired) electrons. The van der Waals surface area contributed by atoms with E-state index in [-0.39, 0.29) is 12.5 Å². The summed E-state index contributed by atoms with van der Waals surface area (Å²) in [5, 5.41) is 8.97. The highest BCUT2D eigenvalue weighted by Gasteiger charge is 2.32. The van der Waals surface area contributed by atoms with Gasteiger partial charge in [-0.15, -0.1) is 0 Å². The molecule has 0 saturated carbocycles. The molecule has 0 aromatic rings. The normalized spacial score (nSPS) is 21.8. The zero-order valence-electron chi connectivity index (χ0n) is 8.97. The number of carbonyl (C=O) groups excluding carboxylic acids is 1. The fraction of sp³-hybridized carbons (Fsp3) is 0.778. The van der Waals surface area contributed by atoms with E-state index in [0.717, 1.165) is 5.75 Å². The Kier molecular flexibility index (Phi) is 4.41. The van der Waals surface area contributed by atoms with Crippen LogP contribution in [0.2, 0.25) is 0 Å². The number of amides is 1. The van der Waals surface area contributed by atoms with Crippen molar-refractivity contribution in [3.8, 4) is 0 Å². The van der Waals surface area contributed by atoms with Crippen molar-refractivity contribution in [1.82, 2.24) is 9.80 Å². The molecule has 1 rings (SSSR count). The molecule has 1 unspecified atom stereocenters. The molecule has 1 atom stereocenters. The molecular weight excluding hydrogens is 216 g/mol. The van der Waals surface area contributed by atoms with Crippen LogP contribution in [0.5, 0.6) is 0 Å². The van der Waals surface area contributed by atoms with Crippen molar-refractivity contribution < 1.29 is 14.7 Å². The summed E-state index contributed by atoms with van der Waals surface area (Å²) in [5.74, 6) is 0.305. The second kappa shape index (κ2) is 5.37. The summed E-state index contributed by atoms with van der Waals surface area (Å²) >= 11 is 1.58. The Morgan fingerprint density at radius 1 is 1.53 bits per heavy atom. The SMILES string of the molecule is CN(C)CC(=O)N1CCSCC1C(=O)O. The van der Waals surface area contributed by atoms with Gasteiger partial charge in [0, 0.05) is 18.1 Å².